The van der Waals surface area contributed by atoms with Gasteiger partial charge in [-0.3, -0.25) is 14.9 Å². The molecule has 2 aliphatic rings. The Bertz CT molecular complexity index is 1280. The van der Waals surface area contributed by atoms with E-state index in [4.69, 9.17) is 5.11 Å². The number of halogens is 2. The number of nitrogens with zero attached hydrogens (tertiary/aromatic N) is 3. The van der Waals surface area contributed by atoms with Crippen molar-refractivity contribution in [3.63, 3.8) is 0 Å². The first-order valence-electron chi connectivity index (χ1n) is 11.0. The predicted molar refractivity (Wildman–Crippen MR) is 125 cm³/mol. The number of nitrogens with one attached hydrogen (secondary N) is 1. The predicted octanol–water partition coefficient (Wildman–Crippen LogP) is 4.17. The van der Waals surface area contributed by atoms with Crippen LogP contribution in [0.3, 0.4) is 0 Å². The number of amides is 2. The van der Waals surface area contributed by atoms with Gasteiger partial charge in [0.2, 0.25) is 11.9 Å². The Morgan fingerprint density at radius 3 is 2.79 bits per heavy atom. The number of aromatic nitrogens is 2. The minimum absolute atomic E-state index is 0.0501. The van der Waals surface area contributed by atoms with E-state index in [2.05, 4.69) is 16.9 Å². The summed E-state index contributed by atoms with van der Waals surface area (Å²) in [4.78, 5) is 31.1. The molecule has 1 aromatic carbocycles. The lowest BCUT2D eigenvalue weighted by atomic mass is 9.65. The van der Waals surface area contributed by atoms with E-state index in [1.165, 1.54) is 12.1 Å². The van der Waals surface area contributed by atoms with Crippen LogP contribution in [0.4, 0.5) is 14.7 Å². The summed E-state index contributed by atoms with van der Waals surface area (Å²) in [6.07, 6.45) is 3.97. The van der Waals surface area contributed by atoms with Crippen LogP contribution in [0.1, 0.15) is 39.9 Å². The fraction of sp³-hybridized carbons (Fsp3) is 0.375. The first-order valence-corrected chi connectivity index (χ1v) is 11.9. The molecule has 0 unspecified atom stereocenters. The van der Waals surface area contributed by atoms with Crippen molar-refractivity contribution in [2.45, 2.75) is 31.2 Å². The molecule has 10 heteroatoms. The summed E-state index contributed by atoms with van der Waals surface area (Å²) >= 11 is 0.648. The number of anilines is 1. The number of aliphatic hydroxyl groups is 1. The Labute approximate surface area is 198 Å². The first-order chi connectivity index (χ1) is 16.2. The molecule has 1 saturated carbocycles. The van der Waals surface area contributed by atoms with Gasteiger partial charge in [0.15, 0.2) is 0 Å². The fourth-order valence-corrected chi connectivity index (χ4v) is 5.97. The Morgan fingerprint density at radius 2 is 2.06 bits per heavy atom. The summed E-state index contributed by atoms with van der Waals surface area (Å²) < 4.78 is 29.6. The Hall–Kier alpha value is -3.11. The van der Waals surface area contributed by atoms with Gasteiger partial charge in [0.25, 0.3) is 5.91 Å². The number of hydrogen-bond donors (Lipinski definition) is 2. The zero-order valence-corrected chi connectivity index (χ0v) is 19.2. The lowest BCUT2D eigenvalue weighted by molar-refractivity contribution is -0.125. The highest BCUT2D eigenvalue weighted by atomic mass is 32.1. The van der Waals surface area contributed by atoms with E-state index in [1.54, 1.807) is 0 Å². The number of likely N-dealkylation sites (tertiary alicyclic amines) is 1. The van der Waals surface area contributed by atoms with Crippen LogP contribution in [-0.2, 0) is 10.7 Å². The van der Waals surface area contributed by atoms with Crippen LogP contribution in [0, 0.1) is 5.41 Å². The number of benzene rings is 1. The summed E-state index contributed by atoms with van der Waals surface area (Å²) in [5, 5.41) is 11.7. The number of imidazole rings is 1. The standard InChI is InChI=1S/C24H24F2N4O3S/c1-2-20(32)29-10-9-23(13-29)11-15(12-23)30-17-6-4-3-5-16(17)27-22(30)28-21(33)18-7-8-19(34-18)24(25,26)14-31/h2-8,15,31H,1,9-14H2,(H,27,28,33)/t15-,23-. The van der Waals surface area contributed by atoms with Crippen molar-refractivity contribution in [1.29, 1.82) is 0 Å². The number of fused-ring (bicyclic) bond motifs is 1. The minimum atomic E-state index is -3.39. The van der Waals surface area contributed by atoms with Gasteiger partial charge < -0.3 is 14.6 Å². The number of carbonyl (C=O) groups excluding carboxylic acids is 2. The molecule has 3 heterocycles. The molecule has 2 amide bonds. The normalized spacial score (nSPS) is 22.2. The molecule has 1 aliphatic carbocycles. The maximum Gasteiger partial charge on any atom is 0.304 e. The van der Waals surface area contributed by atoms with E-state index in [-0.39, 0.29) is 27.1 Å². The fourth-order valence-electron chi connectivity index (χ4n) is 5.11. The largest absolute Gasteiger partial charge is 0.390 e. The SMILES string of the molecule is C=CC(=O)N1CC[C@]2(C1)C[C@H](n1c(NC(=O)c3ccc(C(F)(F)CO)s3)nc3ccccc31)C2. The van der Waals surface area contributed by atoms with Crippen molar-refractivity contribution in [2.75, 3.05) is 25.0 Å². The second-order valence-electron chi connectivity index (χ2n) is 9.05. The van der Waals surface area contributed by atoms with Gasteiger partial charge in [-0.05, 0) is 55.0 Å². The Morgan fingerprint density at radius 1 is 1.29 bits per heavy atom. The average Bonchev–Trinajstić information content (AvgIpc) is 3.54. The third-order valence-electron chi connectivity index (χ3n) is 6.84. The number of rotatable bonds is 6. The lowest BCUT2D eigenvalue weighted by Crippen LogP contribution is -2.42. The molecule has 5 rings (SSSR count). The summed E-state index contributed by atoms with van der Waals surface area (Å²) in [5.41, 5.74) is 1.66. The molecule has 2 fully saturated rings. The molecule has 34 heavy (non-hydrogen) atoms. The average molecular weight is 487 g/mol. The minimum Gasteiger partial charge on any atom is -0.390 e. The maximum atomic E-state index is 13.8. The van der Waals surface area contributed by atoms with E-state index in [1.807, 2.05) is 33.7 Å². The van der Waals surface area contributed by atoms with Gasteiger partial charge in [-0.15, -0.1) is 11.3 Å². The summed E-state index contributed by atoms with van der Waals surface area (Å²) in [7, 11) is 0. The van der Waals surface area contributed by atoms with Gasteiger partial charge in [-0.2, -0.15) is 8.78 Å². The highest BCUT2D eigenvalue weighted by Crippen LogP contribution is 2.55. The topological polar surface area (TPSA) is 87.5 Å². The highest BCUT2D eigenvalue weighted by molar-refractivity contribution is 7.14. The van der Waals surface area contributed by atoms with Crippen LogP contribution >= 0.6 is 11.3 Å². The number of aliphatic hydroxyl groups excluding tert-OH is 1. The summed E-state index contributed by atoms with van der Waals surface area (Å²) in [6.45, 7) is 3.67. The molecule has 3 aromatic rings. The molecular weight excluding hydrogens is 462 g/mol. The summed E-state index contributed by atoms with van der Waals surface area (Å²) in [6, 6.07) is 10.2. The van der Waals surface area contributed by atoms with E-state index >= 15 is 0 Å². The number of carbonyl (C=O) groups is 2. The van der Waals surface area contributed by atoms with Crippen LogP contribution in [0.25, 0.3) is 11.0 Å². The van der Waals surface area contributed by atoms with Crippen molar-refractivity contribution in [2.24, 2.45) is 5.41 Å². The summed E-state index contributed by atoms with van der Waals surface area (Å²) in [5.74, 6) is -3.60. The van der Waals surface area contributed by atoms with Gasteiger partial charge in [0.05, 0.1) is 20.8 Å². The van der Waals surface area contributed by atoms with Crippen LogP contribution in [0.5, 0.6) is 0 Å². The molecule has 2 aromatic heterocycles. The van der Waals surface area contributed by atoms with Crippen molar-refractivity contribution in [3.8, 4) is 0 Å². The first kappa shape index (κ1) is 22.7. The molecule has 2 N–H and O–H groups in total. The molecule has 0 bridgehead atoms. The third-order valence-corrected chi connectivity index (χ3v) is 8.03. The highest BCUT2D eigenvalue weighted by Gasteiger charge is 2.50. The molecule has 0 radical (unpaired) electrons. The second kappa shape index (κ2) is 8.28. The second-order valence-corrected chi connectivity index (χ2v) is 10.1. The molecule has 7 nitrogen and oxygen atoms in total. The monoisotopic (exact) mass is 486 g/mol. The van der Waals surface area contributed by atoms with Gasteiger partial charge in [-0.25, -0.2) is 4.98 Å². The zero-order valence-electron chi connectivity index (χ0n) is 18.3. The lowest BCUT2D eigenvalue weighted by Gasteiger charge is -2.46. The molecule has 0 atom stereocenters. The van der Waals surface area contributed by atoms with Gasteiger partial charge in [-0.1, -0.05) is 18.7 Å². The van der Waals surface area contributed by atoms with Gasteiger partial charge in [0.1, 0.15) is 6.61 Å². The Kier molecular flexibility index (Phi) is 5.52. The quantitative estimate of drug-likeness (QED) is 0.512. The van der Waals surface area contributed by atoms with Crippen molar-refractivity contribution in [3.05, 3.63) is 58.8 Å². The maximum absolute atomic E-state index is 13.8. The van der Waals surface area contributed by atoms with Crippen LogP contribution in [0.15, 0.2) is 49.1 Å². The van der Waals surface area contributed by atoms with Crippen molar-refractivity contribution >= 4 is 40.1 Å². The smallest absolute Gasteiger partial charge is 0.304 e. The van der Waals surface area contributed by atoms with Crippen LogP contribution < -0.4 is 5.32 Å². The molecule has 1 aliphatic heterocycles. The van der Waals surface area contributed by atoms with E-state index in [0.717, 1.165) is 36.4 Å². The van der Waals surface area contributed by atoms with Crippen molar-refractivity contribution < 1.29 is 23.5 Å². The van der Waals surface area contributed by atoms with Crippen LogP contribution in [0.2, 0.25) is 0 Å². The van der Waals surface area contributed by atoms with Gasteiger partial charge in [0, 0.05) is 19.1 Å². The molecule has 178 valence electrons. The number of hydrogen-bond acceptors (Lipinski definition) is 5. The molecular formula is C24H24F2N4O3S. The van der Waals surface area contributed by atoms with E-state index < -0.39 is 18.4 Å². The van der Waals surface area contributed by atoms with E-state index in [0.29, 0.717) is 30.4 Å². The van der Waals surface area contributed by atoms with E-state index in [9.17, 15) is 18.4 Å². The third kappa shape index (κ3) is 3.80. The number of thiophene rings is 1. The number of alkyl halides is 2. The van der Waals surface area contributed by atoms with Crippen LogP contribution in [-0.4, -0.2) is 51.1 Å². The zero-order chi connectivity index (χ0) is 24.1. The van der Waals surface area contributed by atoms with Gasteiger partial charge >= 0.3 is 5.92 Å². The molecule has 1 saturated heterocycles. The van der Waals surface area contributed by atoms with Crippen molar-refractivity contribution in [1.82, 2.24) is 14.5 Å². The number of para-hydroxylation sites is 2. The molecule has 1 spiro atoms. The Balaban J connectivity index is 1.38.